The number of pyridine rings is 1. The number of nitrogens with zero attached hydrogens (tertiary/aromatic N) is 3. The van der Waals surface area contributed by atoms with Gasteiger partial charge in [0.2, 0.25) is 0 Å². The Morgan fingerprint density at radius 2 is 1.97 bits per heavy atom. The van der Waals surface area contributed by atoms with Crippen molar-refractivity contribution in [1.82, 2.24) is 20.1 Å². The standard InChI is InChI=1S/C22H20N4O3S/c1-14-20-16(11-17(18-9-6-10-30-18)24-21(20)26(2)25-14)22(28)23-12-19(27)29-13-15-7-4-3-5-8-15/h3-11H,12-13H2,1-2H3,(H,23,28). The summed E-state index contributed by atoms with van der Waals surface area (Å²) in [4.78, 5) is 30.6. The van der Waals surface area contributed by atoms with Crippen LogP contribution in [0.1, 0.15) is 21.6 Å². The molecule has 0 saturated heterocycles. The second-order valence-electron chi connectivity index (χ2n) is 6.77. The van der Waals surface area contributed by atoms with Crippen molar-refractivity contribution in [3.05, 3.63) is 70.7 Å². The number of hydrogen-bond donors (Lipinski definition) is 1. The molecule has 0 aliphatic carbocycles. The van der Waals surface area contributed by atoms with Gasteiger partial charge in [-0.15, -0.1) is 11.3 Å². The Morgan fingerprint density at radius 1 is 1.17 bits per heavy atom. The predicted molar refractivity (Wildman–Crippen MR) is 115 cm³/mol. The number of thiophene rings is 1. The van der Waals surface area contributed by atoms with E-state index < -0.39 is 5.97 Å². The molecule has 0 aliphatic rings. The molecule has 30 heavy (non-hydrogen) atoms. The molecule has 1 amide bonds. The van der Waals surface area contributed by atoms with E-state index >= 15 is 0 Å². The van der Waals surface area contributed by atoms with E-state index in [1.165, 1.54) is 0 Å². The number of hydrogen-bond acceptors (Lipinski definition) is 6. The van der Waals surface area contributed by atoms with Crippen LogP contribution in [0.4, 0.5) is 0 Å². The molecule has 0 spiro atoms. The lowest BCUT2D eigenvalue weighted by Crippen LogP contribution is -2.30. The number of amides is 1. The Bertz CT molecular complexity index is 1200. The van der Waals surface area contributed by atoms with E-state index in [1.807, 2.05) is 54.8 Å². The van der Waals surface area contributed by atoms with Crippen LogP contribution in [0.3, 0.4) is 0 Å². The average Bonchev–Trinajstić information content (AvgIpc) is 3.39. The molecule has 3 heterocycles. The van der Waals surface area contributed by atoms with E-state index in [0.717, 1.165) is 10.4 Å². The summed E-state index contributed by atoms with van der Waals surface area (Å²) in [7, 11) is 1.79. The van der Waals surface area contributed by atoms with Crippen molar-refractivity contribution in [2.45, 2.75) is 13.5 Å². The summed E-state index contributed by atoms with van der Waals surface area (Å²) >= 11 is 1.54. The van der Waals surface area contributed by atoms with Crippen LogP contribution >= 0.6 is 11.3 Å². The number of aryl methyl sites for hydroxylation is 2. The molecule has 0 unspecified atom stereocenters. The smallest absolute Gasteiger partial charge is 0.325 e. The second kappa shape index (κ2) is 8.46. The van der Waals surface area contributed by atoms with Gasteiger partial charge in [0.05, 0.1) is 27.2 Å². The molecule has 3 aromatic heterocycles. The first-order chi connectivity index (χ1) is 14.5. The lowest BCUT2D eigenvalue weighted by molar-refractivity contribution is -0.143. The third-order valence-electron chi connectivity index (χ3n) is 4.62. The molecule has 0 bridgehead atoms. The van der Waals surface area contributed by atoms with Gasteiger partial charge in [0.15, 0.2) is 5.65 Å². The van der Waals surface area contributed by atoms with Gasteiger partial charge in [-0.3, -0.25) is 14.3 Å². The third kappa shape index (κ3) is 4.08. The highest BCUT2D eigenvalue weighted by atomic mass is 32.1. The molecular weight excluding hydrogens is 400 g/mol. The Kier molecular flexibility index (Phi) is 5.58. The number of fused-ring (bicyclic) bond motifs is 1. The monoisotopic (exact) mass is 420 g/mol. The molecular formula is C22H20N4O3S. The molecule has 0 fully saturated rings. The van der Waals surface area contributed by atoms with Crippen molar-refractivity contribution >= 4 is 34.2 Å². The minimum Gasteiger partial charge on any atom is -0.460 e. The Hall–Kier alpha value is -3.52. The number of nitrogens with one attached hydrogen (secondary N) is 1. The number of benzene rings is 1. The molecule has 1 aromatic carbocycles. The topological polar surface area (TPSA) is 86.1 Å². The third-order valence-corrected chi connectivity index (χ3v) is 5.52. The van der Waals surface area contributed by atoms with E-state index in [4.69, 9.17) is 4.74 Å². The molecule has 7 nitrogen and oxygen atoms in total. The summed E-state index contributed by atoms with van der Waals surface area (Å²) in [6.45, 7) is 1.78. The normalized spacial score (nSPS) is 10.9. The van der Waals surface area contributed by atoms with Crippen LogP contribution < -0.4 is 5.32 Å². The highest BCUT2D eigenvalue weighted by Gasteiger charge is 2.20. The summed E-state index contributed by atoms with van der Waals surface area (Å²) in [5.41, 5.74) is 3.34. The zero-order valence-corrected chi connectivity index (χ0v) is 17.4. The molecule has 4 rings (SSSR count). The van der Waals surface area contributed by atoms with Crippen molar-refractivity contribution in [3.8, 4) is 10.6 Å². The van der Waals surface area contributed by atoms with Gasteiger partial charge in [-0.05, 0) is 30.0 Å². The number of ether oxygens (including phenoxy) is 1. The van der Waals surface area contributed by atoms with Gasteiger partial charge < -0.3 is 10.1 Å². The highest BCUT2D eigenvalue weighted by molar-refractivity contribution is 7.13. The van der Waals surface area contributed by atoms with Gasteiger partial charge >= 0.3 is 5.97 Å². The lowest BCUT2D eigenvalue weighted by Gasteiger charge is -2.09. The van der Waals surface area contributed by atoms with Gasteiger partial charge in [-0.25, -0.2) is 4.98 Å². The summed E-state index contributed by atoms with van der Waals surface area (Å²) in [5.74, 6) is -0.869. The van der Waals surface area contributed by atoms with Crippen LogP contribution in [-0.2, 0) is 23.2 Å². The van der Waals surface area contributed by atoms with Crippen molar-refractivity contribution in [2.24, 2.45) is 7.05 Å². The summed E-state index contributed by atoms with van der Waals surface area (Å²) in [6.07, 6.45) is 0. The van der Waals surface area contributed by atoms with E-state index in [9.17, 15) is 9.59 Å². The van der Waals surface area contributed by atoms with Gasteiger partial charge in [0.25, 0.3) is 5.91 Å². The summed E-state index contributed by atoms with van der Waals surface area (Å²) in [5, 5.41) is 9.69. The fraction of sp³-hybridized carbons (Fsp3) is 0.182. The maximum atomic E-state index is 12.9. The Labute approximate surface area is 177 Å². The lowest BCUT2D eigenvalue weighted by atomic mass is 10.1. The van der Waals surface area contributed by atoms with Gasteiger partial charge in [0.1, 0.15) is 13.2 Å². The van der Waals surface area contributed by atoms with Crippen LogP contribution in [0.2, 0.25) is 0 Å². The molecule has 152 valence electrons. The highest BCUT2D eigenvalue weighted by Crippen LogP contribution is 2.29. The first-order valence-electron chi connectivity index (χ1n) is 9.39. The summed E-state index contributed by atoms with van der Waals surface area (Å²) in [6, 6.07) is 15.0. The van der Waals surface area contributed by atoms with E-state index in [2.05, 4.69) is 15.4 Å². The minimum absolute atomic E-state index is 0.166. The molecule has 0 atom stereocenters. The molecule has 1 N–H and O–H groups in total. The zero-order chi connectivity index (χ0) is 21.1. The molecule has 0 saturated carbocycles. The second-order valence-corrected chi connectivity index (χ2v) is 7.72. The first-order valence-corrected chi connectivity index (χ1v) is 10.3. The quantitative estimate of drug-likeness (QED) is 0.483. The van der Waals surface area contributed by atoms with Crippen molar-refractivity contribution in [1.29, 1.82) is 0 Å². The maximum absolute atomic E-state index is 12.9. The van der Waals surface area contributed by atoms with Crippen molar-refractivity contribution in [2.75, 3.05) is 6.54 Å². The Morgan fingerprint density at radius 3 is 2.70 bits per heavy atom. The largest absolute Gasteiger partial charge is 0.460 e. The van der Waals surface area contributed by atoms with Crippen molar-refractivity contribution < 1.29 is 14.3 Å². The van der Waals surface area contributed by atoms with Gasteiger partial charge in [0, 0.05) is 7.05 Å². The van der Waals surface area contributed by atoms with Crippen LogP contribution in [0.5, 0.6) is 0 Å². The number of carbonyl (C=O) groups is 2. The molecule has 0 aliphatic heterocycles. The van der Waals surface area contributed by atoms with Crippen LogP contribution in [-0.4, -0.2) is 33.2 Å². The zero-order valence-electron chi connectivity index (χ0n) is 16.6. The number of aromatic nitrogens is 3. The maximum Gasteiger partial charge on any atom is 0.325 e. The van der Waals surface area contributed by atoms with Gasteiger partial charge in [-0.1, -0.05) is 36.4 Å². The predicted octanol–water partition coefficient (Wildman–Crippen LogP) is 3.48. The minimum atomic E-state index is -0.501. The molecule has 4 aromatic rings. The fourth-order valence-electron chi connectivity index (χ4n) is 3.21. The van der Waals surface area contributed by atoms with Gasteiger partial charge in [-0.2, -0.15) is 5.10 Å². The van der Waals surface area contributed by atoms with E-state index in [-0.39, 0.29) is 19.1 Å². The van der Waals surface area contributed by atoms with E-state index in [0.29, 0.717) is 28.0 Å². The average molecular weight is 420 g/mol. The SMILES string of the molecule is Cc1nn(C)c2nc(-c3cccs3)cc(C(=O)NCC(=O)OCc3ccccc3)c12. The van der Waals surface area contributed by atoms with Crippen LogP contribution in [0.25, 0.3) is 21.6 Å². The van der Waals surface area contributed by atoms with Crippen LogP contribution in [0.15, 0.2) is 53.9 Å². The fourth-order valence-corrected chi connectivity index (χ4v) is 3.90. The Balaban J connectivity index is 1.53. The molecule has 8 heteroatoms. The van der Waals surface area contributed by atoms with E-state index in [1.54, 1.807) is 29.1 Å². The number of esters is 1. The number of rotatable bonds is 6. The first kappa shape index (κ1) is 19.8. The molecule has 0 radical (unpaired) electrons. The summed E-state index contributed by atoms with van der Waals surface area (Å²) < 4.78 is 6.89. The number of carbonyl (C=O) groups excluding carboxylic acids is 2. The van der Waals surface area contributed by atoms with Crippen molar-refractivity contribution in [3.63, 3.8) is 0 Å². The van der Waals surface area contributed by atoms with Crippen LogP contribution in [0, 0.1) is 6.92 Å².